The topological polar surface area (TPSA) is 43.8 Å². The van der Waals surface area contributed by atoms with Crippen molar-refractivity contribution < 1.29 is 0 Å². The van der Waals surface area contributed by atoms with Crippen LogP contribution in [0.1, 0.15) is 45.2 Å². The molecule has 72 valence electrons. The fraction of sp³-hybridized carbons (Fsp3) is 0.700. The Balaban J connectivity index is 2.38. The Bertz CT molecular complexity index is 315. The zero-order chi connectivity index (χ0) is 9.64. The van der Waals surface area contributed by atoms with Crippen LogP contribution in [0.2, 0.25) is 0 Å². The lowest BCUT2D eigenvalue weighted by Gasteiger charge is -2.22. The van der Waals surface area contributed by atoms with E-state index in [9.17, 15) is 0 Å². The van der Waals surface area contributed by atoms with E-state index in [1.165, 1.54) is 12.8 Å². The van der Waals surface area contributed by atoms with E-state index in [0.29, 0.717) is 5.92 Å². The first-order valence-corrected chi connectivity index (χ1v) is 4.83. The van der Waals surface area contributed by atoms with Crippen molar-refractivity contribution in [1.29, 1.82) is 0 Å². The minimum absolute atomic E-state index is 0.0459. The van der Waals surface area contributed by atoms with Crippen molar-refractivity contribution in [2.45, 2.75) is 45.1 Å². The molecule has 0 amide bonds. The first kappa shape index (κ1) is 8.60. The van der Waals surface area contributed by atoms with Gasteiger partial charge in [-0.25, -0.2) is 4.98 Å². The Morgan fingerprint density at radius 2 is 2.08 bits per heavy atom. The Morgan fingerprint density at radius 3 is 2.46 bits per heavy atom. The molecule has 0 unspecified atom stereocenters. The van der Waals surface area contributed by atoms with Gasteiger partial charge >= 0.3 is 0 Å². The van der Waals surface area contributed by atoms with Gasteiger partial charge in [-0.15, -0.1) is 0 Å². The lowest BCUT2D eigenvalue weighted by atomic mass is 10.1. The van der Waals surface area contributed by atoms with Crippen molar-refractivity contribution in [3.63, 3.8) is 0 Å². The number of aromatic nitrogens is 2. The number of hydrogen-bond acceptors (Lipinski definition) is 2. The molecule has 1 aromatic heterocycles. The van der Waals surface area contributed by atoms with E-state index in [4.69, 9.17) is 5.73 Å². The Kier molecular flexibility index (Phi) is 1.65. The van der Waals surface area contributed by atoms with Crippen LogP contribution in [0.25, 0.3) is 0 Å². The monoisotopic (exact) mass is 179 g/mol. The molecule has 2 rings (SSSR count). The summed E-state index contributed by atoms with van der Waals surface area (Å²) in [5.74, 6) is 1.50. The summed E-state index contributed by atoms with van der Waals surface area (Å²) in [6.45, 7) is 6.42. The van der Waals surface area contributed by atoms with E-state index in [-0.39, 0.29) is 5.54 Å². The molecular formula is C10H17N3. The largest absolute Gasteiger partial charge is 0.384 e. The minimum Gasteiger partial charge on any atom is -0.384 e. The summed E-state index contributed by atoms with van der Waals surface area (Å²) < 4.78 is 2.06. The summed E-state index contributed by atoms with van der Waals surface area (Å²) in [5.41, 5.74) is 7.18. The quantitative estimate of drug-likeness (QED) is 0.717. The highest BCUT2D eigenvalue weighted by molar-refractivity contribution is 5.41. The molecule has 0 spiro atoms. The summed E-state index contributed by atoms with van der Waals surface area (Å²) in [4.78, 5) is 4.38. The van der Waals surface area contributed by atoms with Crippen molar-refractivity contribution in [1.82, 2.24) is 9.55 Å². The molecule has 2 N–H and O–H groups in total. The SMILES string of the molecule is CC(C)(C)n1cnc(C2CC2)c1N. The van der Waals surface area contributed by atoms with Crippen LogP contribution in [-0.4, -0.2) is 9.55 Å². The Morgan fingerprint density at radius 1 is 1.46 bits per heavy atom. The van der Waals surface area contributed by atoms with Gasteiger partial charge in [-0.1, -0.05) is 0 Å². The standard InChI is InChI=1S/C10H17N3/c1-10(2,3)13-6-12-8(9(13)11)7-4-5-7/h6-7H,4-5,11H2,1-3H3. The number of nitrogens with two attached hydrogens (primary N) is 1. The van der Waals surface area contributed by atoms with Gasteiger partial charge in [0.05, 0.1) is 12.0 Å². The highest BCUT2D eigenvalue weighted by Crippen LogP contribution is 2.42. The van der Waals surface area contributed by atoms with E-state index in [1.807, 2.05) is 6.33 Å². The van der Waals surface area contributed by atoms with Gasteiger partial charge in [0.25, 0.3) is 0 Å². The highest BCUT2D eigenvalue weighted by Gasteiger charge is 2.30. The van der Waals surface area contributed by atoms with Crippen LogP contribution in [-0.2, 0) is 5.54 Å². The molecular weight excluding hydrogens is 162 g/mol. The van der Waals surface area contributed by atoms with Gasteiger partial charge in [0.2, 0.25) is 0 Å². The first-order valence-electron chi connectivity index (χ1n) is 4.83. The van der Waals surface area contributed by atoms with Gasteiger partial charge in [0.1, 0.15) is 5.82 Å². The van der Waals surface area contributed by atoms with E-state index < -0.39 is 0 Å². The number of hydrogen-bond donors (Lipinski definition) is 1. The molecule has 1 aromatic rings. The van der Waals surface area contributed by atoms with E-state index >= 15 is 0 Å². The molecule has 1 aliphatic carbocycles. The van der Waals surface area contributed by atoms with Crippen molar-refractivity contribution in [3.05, 3.63) is 12.0 Å². The van der Waals surface area contributed by atoms with E-state index in [0.717, 1.165) is 11.5 Å². The number of imidazole rings is 1. The van der Waals surface area contributed by atoms with Gasteiger partial charge in [0, 0.05) is 11.5 Å². The fourth-order valence-electron chi connectivity index (χ4n) is 1.58. The second-order valence-electron chi connectivity index (χ2n) is 4.83. The summed E-state index contributed by atoms with van der Waals surface area (Å²) in [7, 11) is 0. The van der Waals surface area contributed by atoms with Crippen molar-refractivity contribution >= 4 is 5.82 Å². The zero-order valence-electron chi connectivity index (χ0n) is 8.54. The maximum atomic E-state index is 6.03. The van der Waals surface area contributed by atoms with Crippen LogP contribution in [0.3, 0.4) is 0 Å². The Labute approximate surface area is 79.0 Å². The van der Waals surface area contributed by atoms with Crippen molar-refractivity contribution in [3.8, 4) is 0 Å². The van der Waals surface area contributed by atoms with Gasteiger partial charge in [-0.2, -0.15) is 0 Å². The van der Waals surface area contributed by atoms with Crippen LogP contribution in [0, 0.1) is 0 Å². The molecule has 1 aliphatic rings. The zero-order valence-corrected chi connectivity index (χ0v) is 8.54. The maximum absolute atomic E-state index is 6.03. The highest BCUT2D eigenvalue weighted by atomic mass is 15.2. The van der Waals surface area contributed by atoms with Crippen LogP contribution in [0.15, 0.2) is 6.33 Å². The number of anilines is 1. The number of nitrogen functional groups attached to an aromatic ring is 1. The molecule has 0 aromatic carbocycles. The third kappa shape index (κ3) is 1.43. The predicted molar refractivity (Wildman–Crippen MR) is 53.6 cm³/mol. The molecule has 13 heavy (non-hydrogen) atoms. The van der Waals surface area contributed by atoms with Crippen LogP contribution < -0.4 is 5.73 Å². The Hall–Kier alpha value is -0.990. The predicted octanol–water partition coefficient (Wildman–Crippen LogP) is 2.10. The first-order chi connectivity index (χ1) is 6.00. The molecule has 1 heterocycles. The molecule has 0 aliphatic heterocycles. The summed E-state index contributed by atoms with van der Waals surface area (Å²) >= 11 is 0. The second kappa shape index (κ2) is 2.50. The van der Waals surface area contributed by atoms with Crippen LogP contribution in [0.4, 0.5) is 5.82 Å². The molecule has 1 saturated carbocycles. The van der Waals surface area contributed by atoms with Crippen molar-refractivity contribution in [2.75, 3.05) is 5.73 Å². The summed E-state index contributed by atoms with van der Waals surface area (Å²) in [6.07, 6.45) is 4.37. The van der Waals surface area contributed by atoms with Gasteiger partial charge in [-0.05, 0) is 33.6 Å². The van der Waals surface area contributed by atoms with Gasteiger partial charge in [0.15, 0.2) is 0 Å². The average Bonchev–Trinajstić information content (AvgIpc) is 2.73. The third-order valence-corrected chi connectivity index (χ3v) is 2.52. The fourth-order valence-corrected chi connectivity index (χ4v) is 1.58. The average molecular weight is 179 g/mol. The van der Waals surface area contributed by atoms with Gasteiger partial charge < -0.3 is 10.3 Å². The smallest absolute Gasteiger partial charge is 0.127 e. The molecule has 3 heteroatoms. The molecule has 1 fully saturated rings. The lowest BCUT2D eigenvalue weighted by Crippen LogP contribution is -2.22. The number of nitrogens with zero attached hydrogens (tertiary/aromatic N) is 2. The lowest BCUT2D eigenvalue weighted by molar-refractivity contribution is 0.402. The second-order valence-corrected chi connectivity index (χ2v) is 4.83. The van der Waals surface area contributed by atoms with Crippen molar-refractivity contribution in [2.24, 2.45) is 0 Å². The summed E-state index contributed by atoms with van der Waals surface area (Å²) in [6, 6.07) is 0. The molecule has 0 atom stereocenters. The van der Waals surface area contributed by atoms with Gasteiger partial charge in [-0.3, -0.25) is 0 Å². The summed E-state index contributed by atoms with van der Waals surface area (Å²) in [5, 5.41) is 0. The number of rotatable bonds is 1. The normalized spacial score (nSPS) is 17.8. The van der Waals surface area contributed by atoms with E-state index in [1.54, 1.807) is 0 Å². The molecule has 0 saturated heterocycles. The third-order valence-electron chi connectivity index (χ3n) is 2.52. The van der Waals surface area contributed by atoms with Crippen LogP contribution >= 0.6 is 0 Å². The minimum atomic E-state index is 0.0459. The maximum Gasteiger partial charge on any atom is 0.127 e. The molecule has 0 radical (unpaired) electrons. The molecule has 3 nitrogen and oxygen atoms in total. The van der Waals surface area contributed by atoms with E-state index in [2.05, 4.69) is 30.3 Å². The molecule has 0 bridgehead atoms. The van der Waals surface area contributed by atoms with Crippen LogP contribution in [0.5, 0.6) is 0 Å².